The molecule has 2 aromatic heterocycles. The van der Waals surface area contributed by atoms with E-state index in [0.717, 1.165) is 16.9 Å². The number of benzene rings is 1. The van der Waals surface area contributed by atoms with E-state index in [0.29, 0.717) is 24.1 Å². The van der Waals surface area contributed by atoms with Gasteiger partial charge in [0.05, 0.1) is 17.8 Å². The van der Waals surface area contributed by atoms with Gasteiger partial charge < -0.3 is 20.1 Å². The van der Waals surface area contributed by atoms with Gasteiger partial charge >= 0.3 is 0 Å². The Morgan fingerprint density at radius 1 is 1.18 bits per heavy atom. The summed E-state index contributed by atoms with van der Waals surface area (Å²) in [4.78, 5) is 19.5. The zero-order valence-corrected chi connectivity index (χ0v) is 20.3. The summed E-state index contributed by atoms with van der Waals surface area (Å²) in [6.45, 7) is 2.55. The van der Waals surface area contributed by atoms with Gasteiger partial charge in [-0.1, -0.05) is 31.0 Å². The number of anilines is 1. The minimum absolute atomic E-state index is 0.0167. The number of hydrogen-bond acceptors (Lipinski definition) is 3. The molecule has 176 valence electrons. The van der Waals surface area contributed by atoms with E-state index >= 15 is 0 Å². The molecule has 1 amide bonds. The summed E-state index contributed by atoms with van der Waals surface area (Å²) < 4.78 is 2.36. The lowest BCUT2D eigenvalue weighted by Crippen LogP contribution is -2.32. The lowest BCUT2D eigenvalue weighted by atomic mass is 9.99. The number of carbonyl (C=O) groups excluding carboxylic acids is 1. The Kier molecular flexibility index (Phi) is 6.63. The SMILES string of the molecule is Cc1cccc(NC(=O)CCN2C(=S)N[C@H](c3ccccn3)[C@@H]2c2ccn(C3CCCC3)c2)c1. The molecule has 0 radical (unpaired) electrons. The van der Waals surface area contributed by atoms with Crippen LogP contribution in [0, 0.1) is 6.92 Å². The fourth-order valence-electron chi connectivity index (χ4n) is 5.21. The molecule has 7 heteroatoms. The monoisotopic (exact) mass is 473 g/mol. The van der Waals surface area contributed by atoms with E-state index in [-0.39, 0.29) is 18.0 Å². The van der Waals surface area contributed by atoms with Crippen LogP contribution in [0.5, 0.6) is 0 Å². The number of nitrogens with zero attached hydrogens (tertiary/aromatic N) is 3. The van der Waals surface area contributed by atoms with Crippen LogP contribution in [0.25, 0.3) is 0 Å². The van der Waals surface area contributed by atoms with Crippen molar-refractivity contribution in [1.29, 1.82) is 0 Å². The molecule has 34 heavy (non-hydrogen) atoms. The Hall–Kier alpha value is -3.19. The lowest BCUT2D eigenvalue weighted by molar-refractivity contribution is -0.116. The summed E-state index contributed by atoms with van der Waals surface area (Å²) in [6, 6.07) is 16.5. The number of thiocarbonyl (C=S) groups is 1. The molecule has 3 aromatic rings. The first kappa shape index (κ1) is 22.6. The molecule has 0 bridgehead atoms. The molecule has 3 heterocycles. The van der Waals surface area contributed by atoms with Crippen LogP contribution in [0.4, 0.5) is 5.69 Å². The molecule has 1 saturated carbocycles. The fraction of sp³-hybridized carbons (Fsp3) is 0.370. The maximum atomic E-state index is 12.7. The second-order valence-corrected chi connectivity index (χ2v) is 9.70. The van der Waals surface area contributed by atoms with E-state index in [4.69, 9.17) is 12.2 Å². The van der Waals surface area contributed by atoms with E-state index in [1.807, 2.05) is 55.6 Å². The number of carbonyl (C=O) groups is 1. The van der Waals surface area contributed by atoms with E-state index in [1.54, 1.807) is 0 Å². The Balaban J connectivity index is 1.36. The van der Waals surface area contributed by atoms with Crippen LogP contribution in [0.2, 0.25) is 0 Å². The van der Waals surface area contributed by atoms with Gasteiger partial charge in [-0.15, -0.1) is 0 Å². The number of nitrogens with one attached hydrogen (secondary N) is 2. The average Bonchev–Trinajstić information content (AvgIpc) is 3.58. The quantitative estimate of drug-likeness (QED) is 0.456. The first-order chi connectivity index (χ1) is 16.6. The van der Waals surface area contributed by atoms with Crippen LogP contribution >= 0.6 is 12.2 Å². The predicted molar refractivity (Wildman–Crippen MR) is 139 cm³/mol. The van der Waals surface area contributed by atoms with E-state index in [2.05, 4.69) is 43.5 Å². The highest BCUT2D eigenvalue weighted by Gasteiger charge is 2.40. The van der Waals surface area contributed by atoms with Gasteiger partial charge in [0, 0.05) is 43.3 Å². The third-order valence-corrected chi connectivity index (χ3v) is 7.26. The maximum absolute atomic E-state index is 12.7. The molecule has 1 aliphatic carbocycles. The van der Waals surface area contributed by atoms with Gasteiger partial charge in [0.1, 0.15) is 0 Å². The molecule has 1 aliphatic heterocycles. The summed E-state index contributed by atoms with van der Waals surface area (Å²) in [5.74, 6) is -0.0167. The van der Waals surface area contributed by atoms with Crippen LogP contribution in [-0.2, 0) is 4.79 Å². The van der Waals surface area contributed by atoms with Crippen LogP contribution in [0.15, 0.2) is 67.1 Å². The first-order valence-corrected chi connectivity index (χ1v) is 12.5. The topological polar surface area (TPSA) is 62.2 Å². The van der Waals surface area contributed by atoms with Crippen molar-refractivity contribution in [2.45, 2.75) is 57.2 Å². The van der Waals surface area contributed by atoms with Crippen molar-refractivity contribution in [2.24, 2.45) is 0 Å². The molecule has 1 saturated heterocycles. The minimum atomic E-state index is -0.0621. The number of pyridine rings is 1. The van der Waals surface area contributed by atoms with Crippen molar-refractivity contribution in [2.75, 3.05) is 11.9 Å². The molecular formula is C27H31N5OS. The number of rotatable bonds is 7. The van der Waals surface area contributed by atoms with E-state index in [1.165, 1.54) is 31.2 Å². The molecular weight excluding hydrogens is 442 g/mol. The van der Waals surface area contributed by atoms with Crippen molar-refractivity contribution >= 4 is 28.9 Å². The summed E-state index contributed by atoms with van der Waals surface area (Å²) in [7, 11) is 0. The van der Waals surface area contributed by atoms with Crippen molar-refractivity contribution < 1.29 is 4.79 Å². The number of hydrogen-bond donors (Lipinski definition) is 2. The molecule has 2 atom stereocenters. The smallest absolute Gasteiger partial charge is 0.226 e. The average molecular weight is 474 g/mol. The van der Waals surface area contributed by atoms with Crippen molar-refractivity contribution in [3.05, 3.63) is 83.9 Å². The van der Waals surface area contributed by atoms with Crippen LogP contribution in [-0.4, -0.2) is 32.0 Å². The first-order valence-electron chi connectivity index (χ1n) is 12.1. The second-order valence-electron chi connectivity index (χ2n) is 9.32. The Morgan fingerprint density at radius 2 is 2.03 bits per heavy atom. The molecule has 2 fully saturated rings. The molecule has 0 spiro atoms. The number of aryl methyl sites for hydroxylation is 1. The highest BCUT2D eigenvalue weighted by atomic mass is 32.1. The molecule has 5 rings (SSSR count). The van der Waals surface area contributed by atoms with Gasteiger partial charge in [-0.3, -0.25) is 9.78 Å². The normalized spacial score (nSPS) is 20.5. The second kappa shape index (κ2) is 9.97. The number of aromatic nitrogens is 2. The molecule has 0 unspecified atom stereocenters. The zero-order valence-electron chi connectivity index (χ0n) is 19.5. The largest absolute Gasteiger partial charge is 0.352 e. The highest BCUT2D eigenvalue weighted by Crippen LogP contribution is 2.40. The van der Waals surface area contributed by atoms with Gasteiger partial charge in [-0.2, -0.15) is 0 Å². The summed E-state index contributed by atoms with van der Waals surface area (Å²) in [5, 5.41) is 7.16. The van der Waals surface area contributed by atoms with E-state index in [9.17, 15) is 4.79 Å². The summed E-state index contributed by atoms with van der Waals surface area (Å²) in [6.07, 6.45) is 11.7. The van der Waals surface area contributed by atoms with Gasteiger partial charge in [-0.05, 0) is 73.4 Å². The highest BCUT2D eigenvalue weighted by molar-refractivity contribution is 7.80. The van der Waals surface area contributed by atoms with Crippen LogP contribution in [0.3, 0.4) is 0 Å². The molecule has 2 N–H and O–H groups in total. The van der Waals surface area contributed by atoms with Crippen molar-refractivity contribution in [3.63, 3.8) is 0 Å². The van der Waals surface area contributed by atoms with Gasteiger partial charge in [0.2, 0.25) is 5.91 Å². The predicted octanol–water partition coefficient (Wildman–Crippen LogP) is 5.31. The molecule has 1 aromatic carbocycles. The van der Waals surface area contributed by atoms with Crippen LogP contribution in [0.1, 0.15) is 67.1 Å². The Morgan fingerprint density at radius 3 is 2.79 bits per heavy atom. The Bertz CT molecular complexity index is 1150. The zero-order chi connectivity index (χ0) is 23.5. The summed E-state index contributed by atoms with van der Waals surface area (Å²) in [5.41, 5.74) is 4.10. The van der Waals surface area contributed by atoms with Gasteiger partial charge in [-0.25, -0.2) is 0 Å². The third kappa shape index (κ3) is 4.85. The molecule has 2 aliphatic rings. The van der Waals surface area contributed by atoms with Crippen molar-refractivity contribution in [3.8, 4) is 0 Å². The third-order valence-electron chi connectivity index (χ3n) is 6.90. The minimum Gasteiger partial charge on any atom is -0.352 e. The van der Waals surface area contributed by atoms with Crippen LogP contribution < -0.4 is 10.6 Å². The fourth-order valence-corrected chi connectivity index (χ4v) is 5.54. The van der Waals surface area contributed by atoms with Crippen molar-refractivity contribution in [1.82, 2.24) is 19.8 Å². The Labute approximate surface area is 206 Å². The lowest BCUT2D eigenvalue weighted by Gasteiger charge is -2.27. The standard InChI is InChI=1S/C27H31N5OS/c1-19-7-6-8-21(17-19)29-24(33)13-16-32-26(20-12-15-31(18-20)22-9-2-3-10-22)25(30-27(32)34)23-11-4-5-14-28-23/h4-8,11-12,14-15,17-18,22,25-26H,2-3,9-10,13,16H2,1H3,(H,29,33)(H,30,34)/t25-,26+/m1/s1. The maximum Gasteiger partial charge on any atom is 0.226 e. The number of amides is 1. The van der Waals surface area contributed by atoms with Gasteiger partial charge in [0.15, 0.2) is 5.11 Å². The van der Waals surface area contributed by atoms with E-state index < -0.39 is 0 Å². The van der Waals surface area contributed by atoms with Gasteiger partial charge in [0.25, 0.3) is 0 Å². The summed E-state index contributed by atoms with van der Waals surface area (Å²) >= 11 is 5.76. The molecule has 6 nitrogen and oxygen atoms in total.